The molecule has 2 aliphatic heterocycles. The Labute approximate surface area is 124 Å². The zero-order chi connectivity index (χ0) is 14.9. The molecule has 0 aromatic heterocycles. The van der Waals surface area contributed by atoms with Crippen molar-refractivity contribution >= 4 is 11.6 Å². The van der Waals surface area contributed by atoms with Crippen LogP contribution >= 0.6 is 0 Å². The number of phenols is 1. The molecule has 0 saturated carbocycles. The van der Waals surface area contributed by atoms with E-state index in [1.165, 1.54) is 0 Å². The molecule has 5 heteroatoms. The molecule has 0 bridgehead atoms. The van der Waals surface area contributed by atoms with Gasteiger partial charge in [-0.1, -0.05) is 0 Å². The van der Waals surface area contributed by atoms with E-state index in [2.05, 4.69) is 12.2 Å². The maximum Gasteiger partial charge on any atom is 0.253 e. The number of nitrogens with zero attached hydrogens (tertiary/aromatic N) is 1. The van der Waals surface area contributed by atoms with Gasteiger partial charge in [0, 0.05) is 5.69 Å². The van der Waals surface area contributed by atoms with Crippen LogP contribution in [0.3, 0.4) is 0 Å². The summed E-state index contributed by atoms with van der Waals surface area (Å²) >= 11 is 0. The Morgan fingerprint density at radius 1 is 1.29 bits per heavy atom. The number of phenolic OH excluding ortho intramolecular Hbond substituents is 1. The summed E-state index contributed by atoms with van der Waals surface area (Å²) in [5.41, 5.74) is 0.523. The Hall–Kier alpha value is -1.59. The maximum absolute atomic E-state index is 12.2. The minimum absolute atomic E-state index is 0.0212. The van der Waals surface area contributed by atoms with E-state index in [0.717, 1.165) is 31.6 Å². The fourth-order valence-electron chi connectivity index (χ4n) is 3.30. The molecule has 1 amide bonds. The number of rotatable bonds is 2. The first-order valence-corrected chi connectivity index (χ1v) is 7.52. The number of amides is 1. The van der Waals surface area contributed by atoms with Crippen LogP contribution in [0.25, 0.3) is 0 Å². The predicted molar refractivity (Wildman–Crippen MR) is 80.4 cm³/mol. The van der Waals surface area contributed by atoms with Gasteiger partial charge in [-0.05, 0) is 63.0 Å². The van der Waals surface area contributed by atoms with Crippen LogP contribution in [0.4, 0.5) is 5.69 Å². The third-order valence-corrected chi connectivity index (χ3v) is 4.66. The van der Waals surface area contributed by atoms with Crippen LogP contribution in [0.15, 0.2) is 24.3 Å². The van der Waals surface area contributed by atoms with Crippen LogP contribution in [-0.4, -0.2) is 42.9 Å². The van der Waals surface area contributed by atoms with Crippen molar-refractivity contribution in [3.05, 3.63) is 24.3 Å². The Morgan fingerprint density at radius 3 is 2.62 bits per heavy atom. The van der Waals surface area contributed by atoms with E-state index in [9.17, 15) is 9.90 Å². The van der Waals surface area contributed by atoms with Gasteiger partial charge in [0.25, 0.3) is 5.91 Å². The number of piperidine rings is 1. The number of morpholine rings is 1. The van der Waals surface area contributed by atoms with Gasteiger partial charge in [-0.2, -0.15) is 0 Å². The Morgan fingerprint density at radius 2 is 1.95 bits per heavy atom. The molecule has 114 valence electrons. The van der Waals surface area contributed by atoms with Gasteiger partial charge in [0.05, 0.1) is 12.1 Å². The van der Waals surface area contributed by atoms with Crippen LogP contribution in [0.5, 0.6) is 5.75 Å². The molecule has 1 aromatic carbocycles. The molecule has 21 heavy (non-hydrogen) atoms. The summed E-state index contributed by atoms with van der Waals surface area (Å²) in [6, 6.07) is 6.78. The van der Waals surface area contributed by atoms with E-state index >= 15 is 0 Å². The standard InChI is InChI=1S/C16H22N2O3/c1-16(12-6-8-17-9-7-12)11-18(15(20)10-21-16)13-2-4-14(19)5-3-13/h2-5,12,17,19H,6-11H2,1H3. The molecule has 0 radical (unpaired) electrons. The van der Waals surface area contributed by atoms with Crippen molar-refractivity contribution in [1.29, 1.82) is 0 Å². The molecule has 2 saturated heterocycles. The average Bonchev–Trinajstić information content (AvgIpc) is 2.52. The highest BCUT2D eigenvalue weighted by Crippen LogP contribution is 2.34. The summed E-state index contributed by atoms with van der Waals surface area (Å²) in [5.74, 6) is 0.652. The summed E-state index contributed by atoms with van der Waals surface area (Å²) in [5, 5.41) is 12.8. The maximum atomic E-state index is 12.2. The highest BCUT2D eigenvalue weighted by Gasteiger charge is 2.42. The minimum Gasteiger partial charge on any atom is -0.508 e. The lowest BCUT2D eigenvalue weighted by atomic mass is 9.81. The highest BCUT2D eigenvalue weighted by atomic mass is 16.5. The number of carbonyl (C=O) groups is 1. The van der Waals surface area contributed by atoms with E-state index in [1.807, 2.05) is 0 Å². The summed E-state index contributed by atoms with van der Waals surface area (Å²) < 4.78 is 5.92. The summed E-state index contributed by atoms with van der Waals surface area (Å²) in [7, 11) is 0. The molecule has 2 heterocycles. The molecule has 2 aliphatic rings. The van der Waals surface area contributed by atoms with Gasteiger partial charge in [-0.3, -0.25) is 4.79 Å². The zero-order valence-corrected chi connectivity index (χ0v) is 12.3. The van der Waals surface area contributed by atoms with E-state index in [1.54, 1.807) is 29.2 Å². The van der Waals surface area contributed by atoms with Crippen LogP contribution in [0.2, 0.25) is 0 Å². The molecule has 2 N–H and O–H groups in total. The van der Waals surface area contributed by atoms with E-state index in [-0.39, 0.29) is 23.9 Å². The van der Waals surface area contributed by atoms with Crippen LogP contribution in [0.1, 0.15) is 19.8 Å². The van der Waals surface area contributed by atoms with Gasteiger partial charge in [0.15, 0.2) is 0 Å². The lowest BCUT2D eigenvalue weighted by molar-refractivity contribution is -0.144. The number of nitrogens with one attached hydrogen (secondary N) is 1. The van der Waals surface area contributed by atoms with Gasteiger partial charge in [-0.25, -0.2) is 0 Å². The zero-order valence-electron chi connectivity index (χ0n) is 12.3. The molecule has 2 fully saturated rings. The third-order valence-electron chi connectivity index (χ3n) is 4.66. The normalized spacial score (nSPS) is 27.9. The number of benzene rings is 1. The molecule has 0 spiro atoms. The average molecular weight is 290 g/mol. The van der Waals surface area contributed by atoms with E-state index in [0.29, 0.717) is 12.5 Å². The fraction of sp³-hybridized carbons (Fsp3) is 0.562. The SMILES string of the molecule is CC1(C2CCNCC2)CN(c2ccc(O)cc2)C(=O)CO1. The van der Waals surface area contributed by atoms with Gasteiger partial charge >= 0.3 is 0 Å². The van der Waals surface area contributed by atoms with E-state index in [4.69, 9.17) is 4.74 Å². The predicted octanol–water partition coefficient (Wildman–Crippen LogP) is 1.51. The molecule has 3 rings (SSSR count). The van der Waals surface area contributed by atoms with Crippen molar-refractivity contribution in [3.8, 4) is 5.75 Å². The summed E-state index contributed by atoms with van der Waals surface area (Å²) in [6.07, 6.45) is 2.15. The van der Waals surface area contributed by atoms with Gasteiger partial charge < -0.3 is 20.1 Å². The largest absolute Gasteiger partial charge is 0.508 e. The second-order valence-electron chi connectivity index (χ2n) is 6.12. The van der Waals surface area contributed by atoms with E-state index < -0.39 is 0 Å². The molecule has 1 aromatic rings. The number of anilines is 1. The third kappa shape index (κ3) is 2.89. The molecular weight excluding hydrogens is 268 g/mol. The van der Waals surface area contributed by atoms with Crippen LogP contribution < -0.4 is 10.2 Å². The first-order chi connectivity index (χ1) is 10.1. The number of hydrogen-bond acceptors (Lipinski definition) is 4. The molecule has 1 atom stereocenters. The van der Waals surface area contributed by atoms with Crippen LogP contribution in [-0.2, 0) is 9.53 Å². The van der Waals surface area contributed by atoms with Crippen molar-refractivity contribution in [2.45, 2.75) is 25.4 Å². The number of carbonyl (C=O) groups excluding carboxylic acids is 1. The summed E-state index contributed by atoms with van der Waals surface area (Å²) in [4.78, 5) is 14.0. The number of ether oxygens (including phenoxy) is 1. The second-order valence-corrected chi connectivity index (χ2v) is 6.12. The van der Waals surface area contributed by atoms with Crippen molar-refractivity contribution in [1.82, 2.24) is 5.32 Å². The lowest BCUT2D eigenvalue weighted by Gasteiger charge is -2.46. The Bertz CT molecular complexity index is 511. The first-order valence-electron chi connectivity index (χ1n) is 7.52. The van der Waals surface area contributed by atoms with Crippen molar-refractivity contribution < 1.29 is 14.6 Å². The van der Waals surface area contributed by atoms with Crippen LogP contribution in [0, 0.1) is 5.92 Å². The van der Waals surface area contributed by atoms with Crippen molar-refractivity contribution in [3.63, 3.8) is 0 Å². The van der Waals surface area contributed by atoms with Gasteiger partial charge in [-0.15, -0.1) is 0 Å². The first kappa shape index (κ1) is 14.4. The monoisotopic (exact) mass is 290 g/mol. The van der Waals surface area contributed by atoms with Crippen molar-refractivity contribution in [2.24, 2.45) is 5.92 Å². The quantitative estimate of drug-likeness (QED) is 0.867. The Balaban J connectivity index is 1.80. The fourth-order valence-corrected chi connectivity index (χ4v) is 3.30. The second kappa shape index (κ2) is 5.66. The van der Waals surface area contributed by atoms with Gasteiger partial charge in [0.1, 0.15) is 12.4 Å². The Kier molecular flexibility index (Phi) is 3.87. The minimum atomic E-state index is -0.298. The summed E-state index contributed by atoms with van der Waals surface area (Å²) in [6.45, 7) is 4.83. The van der Waals surface area contributed by atoms with Crippen molar-refractivity contribution in [2.75, 3.05) is 31.1 Å². The lowest BCUT2D eigenvalue weighted by Crippen LogP contribution is -2.58. The molecular formula is C16H22N2O3. The smallest absolute Gasteiger partial charge is 0.253 e. The molecule has 0 aliphatic carbocycles. The topological polar surface area (TPSA) is 61.8 Å². The molecule has 5 nitrogen and oxygen atoms in total. The van der Waals surface area contributed by atoms with Gasteiger partial charge in [0.2, 0.25) is 0 Å². The number of hydrogen-bond donors (Lipinski definition) is 2. The number of aromatic hydroxyl groups is 1. The highest BCUT2D eigenvalue weighted by molar-refractivity contribution is 5.95. The molecule has 1 unspecified atom stereocenters.